The molecule has 2 aromatic carbocycles. The lowest BCUT2D eigenvalue weighted by atomic mass is 10.1. The van der Waals surface area contributed by atoms with Crippen LogP contribution < -0.4 is 10.7 Å². The van der Waals surface area contributed by atoms with Gasteiger partial charge in [0.15, 0.2) is 11.6 Å². The van der Waals surface area contributed by atoms with E-state index in [-0.39, 0.29) is 27.8 Å². The maximum Gasteiger partial charge on any atom is 0.288 e. The minimum atomic E-state index is -0.548. The van der Waals surface area contributed by atoms with E-state index in [1.165, 1.54) is 18.3 Å². The average molecular weight is 505 g/mol. The number of fused-ring (bicyclic) bond motifs is 1. The molecule has 0 atom stereocenters. The Morgan fingerprint density at radius 1 is 1.06 bits per heavy atom. The van der Waals surface area contributed by atoms with Gasteiger partial charge in [-0.05, 0) is 65.6 Å². The first-order valence-electron chi connectivity index (χ1n) is 10.6. The van der Waals surface area contributed by atoms with Gasteiger partial charge in [-0.1, -0.05) is 23.7 Å². The van der Waals surface area contributed by atoms with Gasteiger partial charge >= 0.3 is 0 Å². The molecule has 36 heavy (non-hydrogen) atoms. The number of nitrogens with zero attached hydrogens (tertiary/aromatic N) is 6. The van der Waals surface area contributed by atoms with Gasteiger partial charge in [0.05, 0.1) is 11.1 Å². The van der Waals surface area contributed by atoms with Gasteiger partial charge in [-0.3, -0.25) is 15.5 Å². The van der Waals surface area contributed by atoms with E-state index in [2.05, 4.69) is 36.1 Å². The molecule has 3 aromatic heterocycles. The maximum absolute atomic E-state index is 11.2. The topological polar surface area (TPSA) is 157 Å². The van der Waals surface area contributed by atoms with E-state index >= 15 is 0 Å². The summed E-state index contributed by atoms with van der Waals surface area (Å²) in [7, 11) is 0. The van der Waals surface area contributed by atoms with Crippen LogP contribution in [-0.2, 0) is 0 Å². The van der Waals surface area contributed by atoms with Gasteiger partial charge in [0.2, 0.25) is 11.3 Å². The second-order valence-corrected chi connectivity index (χ2v) is 8.11. The van der Waals surface area contributed by atoms with E-state index in [0.717, 1.165) is 16.8 Å². The third-order valence-corrected chi connectivity index (χ3v) is 5.71. The Labute approximate surface area is 208 Å². The number of anilines is 3. The lowest BCUT2D eigenvalue weighted by Crippen LogP contribution is -2.04. The zero-order valence-corrected chi connectivity index (χ0v) is 19.6. The summed E-state index contributed by atoms with van der Waals surface area (Å²) >= 11 is 5.89. The lowest BCUT2D eigenvalue weighted by molar-refractivity contribution is -0.384. The van der Waals surface area contributed by atoms with Crippen LogP contribution >= 0.6 is 11.6 Å². The largest absolute Gasteiger partial charge is 0.455 e. The predicted molar refractivity (Wildman–Crippen MR) is 134 cm³/mol. The summed E-state index contributed by atoms with van der Waals surface area (Å²) in [5.41, 5.74) is 6.61. The standard InChI is InChI=1S/C23H17ClN8O4/c1-12-4-3-5-17(13(12)2)26-20-21(28-23-22(27-20)30-36-31-23)29-25-11-15-7-9-19(35-15)14-6-8-16(24)18(10-14)32(33)34/h3-11H,1-2H3,(H,26,27,30)(H,28,29,31)/b25-11+. The molecule has 0 radical (unpaired) electrons. The highest BCUT2D eigenvalue weighted by Crippen LogP contribution is 2.31. The van der Waals surface area contributed by atoms with Crippen molar-refractivity contribution >= 4 is 52.1 Å². The van der Waals surface area contributed by atoms with Gasteiger partial charge in [-0.2, -0.15) is 10.1 Å². The number of aryl methyl sites for hydroxylation is 1. The minimum Gasteiger partial charge on any atom is -0.455 e. The molecule has 13 heteroatoms. The van der Waals surface area contributed by atoms with Crippen molar-refractivity contribution in [1.82, 2.24) is 20.3 Å². The van der Waals surface area contributed by atoms with Gasteiger partial charge in [0.1, 0.15) is 16.5 Å². The molecule has 0 aliphatic rings. The Morgan fingerprint density at radius 3 is 2.61 bits per heavy atom. The van der Waals surface area contributed by atoms with Crippen LogP contribution in [0.25, 0.3) is 22.6 Å². The van der Waals surface area contributed by atoms with Crippen LogP contribution in [-0.4, -0.2) is 31.4 Å². The number of nitro benzene ring substituents is 1. The number of hydrazone groups is 1. The molecule has 2 N–H and O–H groups in total. The second-order valence-electron chi connectivity index (χ2n) is 7.70. The SMILES string of the molecule is Cc1cccc(Nc2nc3nonc3nc2N/N=C/c2ccc(-c3ccc(Cl)c([N+](=O)[O-])c3)o2)c1C. The van der Waals surface area contributed by atoms with E-state index in [4.69, 9.17) is 20.6 Å². The molecule has 12 nitrogen and oxygen atoms in total. The minimum absolute atomic E-state index is 0.0481. The van der Waals surface area contributed by atoms with Gasteiger partial charge in [-0.15, -0.1) is 0 Å². The molecule has 0 saturated carbocycles. The fourth-order valence-corrected chi connectivity index (χ4v) is 3.54. The number of rotatable bonds is 7. The summed E-state index contributed by atoms with van der Waals surface area (Å²) in [4.78, 5) is 19.4. The van der Waals surface area contributed by atoms with E-state index in [0.29, 0.717) is 22.9 Å². The van der Waals surface area contributed by atoms with Crippen LogP contribution in [0, 0.1) is 24.0 Å². The van der Waals surface area contributed by atoms with Gasteiger partial charge in [0.25, 0.3) is 5.69 Å². The first-order valence-corrected chi connectivity index (χ1v) is 10.9. The molecule has 5 rings (SSSR count). The molecule has 3 heterocycles. The number of nitro groups is 1. The highest BCUT2D eigenvalue weighted by atomic mass is 35.5. The molecular formula is C23H17ClN8O4. The Hall–Kier alpha value is -4.84. The summed E-state index contributed by atoms with van der Waals surface area (Å²) in [5.74, 6) is 1.48. The van der Waals surface area contributed by atoms with Crippen molar-refractivity contribution in [2.75, 3.05) is 10.7 Å². The first kappa shape index (κ1) is 22.9. The molecule has 0 spiro atoms. The zero-order chi connectivity index (χ0) is 25.2. The van der Waals surface area contributed by atoms with Crippen molar-refractivity contribution in [3.8, 4) is 11.3 Å². The van der Waals surface area contributed by atoms with Crippen molar-refractivity contribution in [3.63, 3.8) is 0 Å². The zero-order valence-electron chi connectivity index (χ0n) is 18.9. The molecule has 0 amide bonds. The van der Waals surface area contributed by atoms with Gasteiger partial charge in [0, 0.05) is 17.3 Å². The van der Waals surface area contributed by atoms with Crippen molar-refractivity contribution in [3.05, 3.63) is 80.6 Å². The van der Waals surface area contributed by atoms with Crippen molar-refractivity contribution in [1.29, 1.82) is 0 Å². The molecule has 180 valence electrons. The summed E-state index contributed by atoms with van der Waals surface area (Å²) < 4.78 is 10.5. The molecule has 0 aliphatic carbocycles. The maximum atomic E-state index is 11.2. The highest BCUT2D eigenvalue weighted by Gasteiger charge is 2.16. The summed E-state index contributed by atoms with van der Waals surface area (Å²) in [5, 5.41) is 26.1. The second kappa shape index (κ2) is 9.43. The molecule has 0 unspecified atom stereocenters. The lowest BCUT2D eigenvalue weighted by Gasteiger charge is -2.12. The summed E-state index contributed by atoms with van der Waals surface area (Å²) in [6, 6.07) is 13.7. The molecule has 0 aliphatic heterocycles. The number of benzene rings is 2. The van der Waals surface area contributed by atoms with E-state index < -0.39 is 4.92 Å². The van der Waals surface area contributed by atoms with Gasteiger partial charge in [-0.25, -0.2) is 9.61 Å². The highest BCUT2D eigenvalue weighted by molar-refractivity contribution is 6.32. The number of aromatic nitrogens is 4. The number of halogens is 1. The van der Waals surface area contributed by atoms with Crippen molar-refractivity contribution in [2.24, 2.45) is 5.10 Å². The average Bonchev–Trinajstić information content (AvgIpc) is 3.51. The third kappa shape index (κ3) is 4.57. The van der Waals surface area contributed by atoms with Crippen LogP contribution in [0.2, 0.25) is 5.02 Å². The number of nitrogens with one attached hydrogen (secondary N) is 2. The predicted octanol–water partition coefficient (Wildman–Crippen LogP) is 5.64. The first-order chi connectivity index (χ1) is 17.4. The van der Waals surface area contributed by atoms with Crippen LogP contribution in [0.5, 0.6) is 0 Å². The fraction of sp³-hybridized carbons (Fsp3) is 0.0870. The Balaban J connectivity index is 1.39. The summed E-state index contributed by atoms with van der Waals surface area (Å²) in [6.45, 7) is 4.01. The quantitative estimate of drug-likeness (QED) is 0.161. The number of hydrogen-bond acceptors (Lipinski definition) is 11. The molecular weight excluding hydrogens is 488 g/mol. The van der Waals surface area contributed by atoms with Crippen molar-refractivity contribution < 1.29 is 14.0 Å². The fourth-order valence-electron chi connectivity index (χ4n) is 3.36. The Kier molecular flexibility index (Phi) is 6.00. The molecule has 0 saturated heterocycles. The number of furan rings is 1. The van der Waals surface area contributed by atoms with E-state index in [9.17, 15) is 10.1 Å². The Bertz CT molecular complexity index is 1630. The Morgan fingerprint density at radius 2 is 1.83 bits per heavy atom. The normalized spacial score (nSPS) is 11.3. The van der Waals surface area contributed by atoms with Crippen LogP contribution in [0.4, 0.5) is 23.0 Å². The van der Waals surface area contributed by atoms with Crippen LogP contribution in [0.1, 0.15) is 16.9 Å². The van der Waals surface area contributed by atoms with Crippen LogP contribution in [0.15, 0.2) is 62.7 Å². The number of hydrogen-bond donors (Lipinski definition) is 2. The smallest absolute Gasteiger partial charge is 0.288 e. The molecule has 5 aromatic rings. The van der Waals surface area contributed by atoms with Crippen molar-refractivity contribution in [2.45, 2.75) is 13.8 Å². The summed E-state index contributed by atoms with van der Waals surface area (Å²) in [6.07, 6.45) is 1.43. The van der Waals surface area contributed by atoms with E-state index in [1.807, 2.05) is 32.0 Å². The monoisotopic (exact) mass is 504 g/mol. The van der Waals surface area contributed by atoms with Gasteiger partial charge < -0.3 is 9.73 Å². The van der Waals surface area contributed by atoms with E-state index in [1.54, 1.807) is 18.2 Å². The third-order valence-electron chi connectivity index (χ3n) is 5.39. The molecule has 0 bridgehead atoms. The van der Waals surface area contributed by atoms with Crippen LogP contribution in [0.3, 0.4) is 0 Å². The molecule has 0 fully saturated rings.